The number of hydrogen-bond acceptors (Lipinski definition) is 2. The summed E-state index contributed by atoms with van der Waals surface area (Å²) in [5.41, 5.74) is 0.860. The number of halogens is 1. The van der Waals surface area contributed by atoms with Crippen LogP contribution in [0.15, 0.2) is 24.3 Å². The van der Waals surface area contributed by atoms with Gasteiger partial charge in [-0.1, -0.05) is 0 Å². The second-order valence-electron chi connectivity index (χ2n) is 3.82. The van der Waals surface area contributed by atoms with E-state index in [0.29, 0.717) is 5.11 Å². The molecule has 0 spiro atoms. The second-order valence-corrected chi connectivity index (χ2v) is 4.20. The third kappa shape index (κ3) is 4.98. The standard InChI is InChI=1S/C13H19FN2OS/c1-3-17-10-4-9-15-13(18)16(2)12-7-5-11(14)6-8-12/h5-8H,3-4,9-10H2,1-2H3,(H,15,18). The Balaban J connectivity index is 2.34. The van der Waals surface area contributed by atoms with Crippen molar-refractivity contribution < 1.29 is 9.13 Å². The number of nitrogens with one attached hydrogen (secondary N) is 1. The fourth-order valence-electron chi connectivity index (χ4n) is 1.41. The van der Waals surface area contributed by atoms with E-state index in [0.717, 1.165) is 31.9 Å². The molecular weight excluding hydrogens is 251 g/mol. The molecule has 0 fully saturated rings. The van der Waals surface area contributed by atoms with Crippen molar-refractivity contribution in [2.24, 2.45) is 0 Å². The molecule has 1 aromatic carbocycles. The van der Waals surface area contributed by atoms with Crippen LogP contribution in [0.2, 0.25) is 0 Å². The predicted molar refractivity (Wildman–Crippen MR) is 76.5 cm³/mol. The van der Waals surface area contributed by atoms with Crippen LogP contribution in [-0.2, 0) is 4.74 Å². The fraction of sp³-hybridized carbons (Fsp3) is 0.462. The van der Waals surface area contributed by atoms with Gasteiger partial charge in [-0.3, -0.25) is 0 Å². The van der Waals surface area contributed by atoms with Gasteiger partial charge < -0.3 is 15.0 Å². The molecule has 0 bridgehead atoms. The highest BCUT2D eigenvalue weighted by molar-refractivity contribution is 7.80. The highest BCUT2D eigenvalue weighted by Gasteiger charge is 2.05. The van der Waals surface area contributed by atoms with Crippen LogP contribution in [0.5, 0.6) is 0 Å². The SMILES string of the molecule is CCOCCCNC(=S)N(C)c1ccc(F)cc1. The molecule has 3 nitrogen and oxygen atoms in total. The van der Waals surface area contributed by atoms with E-state index in [1.807, 2.05) is 18.9 Å². The summed E-state index contributed by atoms with van der Waals surface area (Å²) in [4.78, 5) is 1.81. The summed E-state index contributed by atoms with van der Waals surface area (Å²) < 4.78 is 18.0. The molecule has 0 radical (unpaired) electrons. The lowest BCUT2D eigenvalue weighted by Gasteiger charge is -2.21. The van der Waals surface area contributed by atoms with Crippen molar-refractivity contribution in [1.29, 1.82) is 0 Å². The van der Waals surface area contributed by atoms with Crippen molar-refractivity contribution in [3.8, 4) is 0 Å². The average Bonchev–Trinajstić information content (AvgIpc) is 2.38. The molecule has 0 aromatic heterocycles. The molecule has 0 atom stereocenters. The fourth-order valence-corrected chi connectivity index (χ4v) is 1.62. The van der Waals surface area contributed by atoms with Gasteiger partial charge in [0.2, 0.25) is 0 Å². The first-order valence-electron chi connectivity index (χ1n) is 6.00. The van der Waals surface area contributed by atoms with E-state index in [1.165, 1.54) is 12.1 Å². The topological polar surface area (TPSA) is 24.5 Å². The molecule has 1 N–H and O–H groups in total. The van der Waals surface area contributed by atoms with E-state index >= 15 is 0 Å². The Morgan fingerprint density at radius 3 is 2.67 bits per heavy atom. The first kappa shape index (κ1) is 14.9. The van der Waals surface area contributed by atoms with Gasteiger partial charge in [0.25, 0.3) is 0 Å². The van der Waals surface area contributed by atoms with Crippen LogP contribution in [0, 0.1) is 5.82 Å². The highest BCUT2D eigenvalue weighted by atomic mass is 32.1. The van der Waals surface area contributed by atoms with E-state index in [-0.39, 0.29) is 5.82 Å². The van der Waals surface area contributed by atoms with Crippen LogP contribution in [0.3, 0.4) is 0 Å². The van der Waals surface area contributed by atoms with Crippen LogP contribution in [-0.4, -0.2) is 31.9 Å². The van der Waals surface area contributed by atoms with Gasteiger partial charge in [-0.15, -0.1) is 0 Å². The Morgan fingerprint density at radius 1 is 1.39 bits per heavy atom. The van der Waals surface area contributed by atoms with Crippen molar-refractivity contribution in [3.63, 3.8) is 0 Å². The van der Waals surface area contributed by atoms with Gasteiger partial charge in [0.15, 0.2) is 5.11 Å². The zero-order valence-corrected chi connectivity index (χ0v) is 11.6. The molecule has 18 heavy (non-hydrogen) atoms. The molecule has 0 aliphatic heterocycles. The van der Waals surface area contributed by atoms with Crippen molar-refractivity contribution in [2.75, 3.05) is 31.7 Å². The minimum absolute atomic E-state index is 0.247. The minimum Gasteiger partial charge on any atom is -0.382 e. The molecule has 100 valence electrons. The average molecular weight is 270 g/mol. The van der Waals surface area contributed by atoms with Crippen LogP contribution >= 0.6 is 12.2 Å². The Kier molecular flexibility index (Phi) is 6.60. The summed E-state index contributed by atoms with van der Waals surface area (Å²) in [6.45, 7) is 4.21. The molecule has 1 aromatic rings. The molecule has 0 amide bonds. The Labute approximate surface area is 113 Å². The number of ether oxygens (including phenoxy) is 1. The number of rotatable bonds is 6. The highest BCUT2D eigenvalue weighted by Crippen LogP contribution is 2.12. The molecule has 0 saturated heterocycles. The molecule has 1 rings (SSSR count). The third-order valence-corrected chi connectivity index (χ3v) is 2.88. The monoisotopic (exact) mass is 270 g/mol. The van der Waals surface area contributed by atoms with Crippen molar-refractivity contribution >= 4 is 23.0 Å². The van der Waals surface area contributed by atoms with Gasteiger partial charge in [-0.25, -0.2) is 4.39 Å². The van der Waals surface area contributed by atoms with E-state index in [2.05, 4.69) is 5.32 Å². The van der Waals surface area contributed by atoms with Crippen LogP contribution in [0.25, 0.3) is 0 Å². The number of thiocarbonyl (C=S) groups is 1. The first-order chi connectivity index (χ1) is 8.65. The van der Waals surface area contributed by atoms with Gasteiger partial charge in [0.1, 0.15) is 5.82 Å². The summed E-state index contributed by atoms with van der Waals surface area (Å²) >= 11 is 5.25. The number of hydrogen-bond donors (Lipinski definition) is 1. The predicted octanol–water partition coefficient (Wildman–Crippen LogP) is 2.56. The van der Waals surface area contributed by atoms with Gasteiger partial charge in [0.05, 0.1) is 0 Å². The lowest BCUT2D eigenvalue weighted by molar-refractivity contribution is 0.146. The summed E-state index contributed by atoms with van der Waals surface area (Å²) in [6, 6.07) is 6.24. The number of benzene rings is 1. The Bertz CT molecular complexity index is 370. The number of nitrogens with zero attached hydrogens (tertiary/aromatic N) is 1. The zero-order chi connectivity index (χ0) is 13.4. The molecule has 5 heteroatoms. The Morgan fingerprint density at radius 2 is 2.06 bits per heavy atom. The maximum atomic E-state index is 12.8. The summed E-state index contributed by atoms with van der Waals surface area (Å²) in [6.07, 6.45) is 0.908. The smallest absolute Gasteiger partial charge is 0.173 e. The van der Waals surface area contributed by atoms with E-state index in [9.17, 15) is 4.39 Å². The largest absolute Gasteiger partial charge is 0.382 e. The van der Waals surface area contributed by atoms with Crippen LogP contribution < -0.4 is 10.2 Å². The minimum atomic E-state index is -0.247. The summed E-state index contributed by atoms with van der Waals surface area (Å²) in [5, 5.41) is 3.76. The third-order valence-electron chi connectivity index (χ3n) is 2.46. The number of anilines is 1. The van der Waals surface area contributed by atoms with Crippen molar-refractivity contribution in [3.05, 3.63) is 30.1 Å². The lowest BCUT2D eigenvalue weighted by atomic mass is 10.3. The van der Waals surface area contributed by atoms with E-state index in [4.69, 9.17) is 17.0 Å². The molecule has 0 heterocycles. The Hall–Kier alpha value is -1.20. The second kappa shape index (κ2) is 8.00. The van der Waals surface area contributed by atoms with E-state index in [1.54, 1.807) is 12.1 Å². The van der Waals surface area contributed by atoms with Gasteiger partial charge in [0, 0.05) is 32.5 Å². The van der Waals surface area contributed by atoms with Crippen molar-refractivity contribution in [2.45, 2.75) is 13.3 Å². The first-order valence-corrected chi connectivity index (χ1v) is 6.41. The molecule has 0 aliphatic rings. The summed E-state index contributed by atoms with van der Waals surface area (Å²) in [7, 11) is 1.85. The van der Waals surface area contributed by atoms with E-state index < -0.39 is 0 Å². The molecular formula is C13H19FN2OS. The van der Waals surface area contributed by atoms with Gasteiger partial charge >= 0.3 is 0 Å². The van der Waals surface area contributed by atoms with Gasteiger partial charge in [-0.05, 0) is 49.8 Å². The zero-order valence-electron chi connectivity index (χ0n) is 10.8. The molecule has 0 unspecified atom stereocenters. The van der Waals surface area contributed by atoms with Crippen LogP contribution in [0.4, 0.5) is 10.1 Å². The van der Waals surface area contributed by atoms with Gasteiger partial charge in [-0.2, -0.15) is 0 Å². The van der Waals surface area contributed by atoms with Crippen LogP contribution in [0.1, 0.15) is 13.3 Å². The summed E-state index contributed by atoms with van der Waals surface area (Å²) in [5.74, 6) is -0.247. The molecule has 0 aliphatic carbocycles. The molecule has 0 saturated carbocycles. The normalized spacial score (nSPS) is 10.2. The maximum absolute atomic E-state index is 12.8. The van der Waals surface area contributed by atoms with Crippen molar-refractivity contribution in [1.82, 2.24) is 5.32 Å². The lowest BCUT2D eigenvalue weighted by Crippen LogP contribution is -2.37. The quantitative estimate of drug-likeness (QED) is 0.634. The maximum Gasteiger partial charge on any atom is 0.173 e.